The van der Waals surface area contributed by atoms with E-state index in [1.165, 1.54) is 6.20 Å². The summed E-state index contributed by atoms with van der Waals surface area (Å²) in [5.41, 5.74) is 2.22. The molecule has 24 heavy (non-hydrogen) atoms. The van der Waals surface area contributed by atoms with E-state index in [9.17, 15) is 14.7 Å². The number of nitrogens with zero attached hydrogens (tertiary/aromatic N) is 2. The molecule has 0 aliphatic carbocycles. The number of carboxylic acids is 1. The Morgan fingerprint density at radius 3 is 2.83 bits per heavy atom. The molecule has 2 N–H and O–H groups in total. The number of benzene rings is 1. The normalized spacial score (nSPS) is 13.8. The Hall–Kier alpha value is -2.96. The molecule has 2 aromatic rings. The van der Waals surface area contributed by atoms with Crippen molar-refractivity contribution in [3.05, 3.63) is 52.6 Å². The molecule has 3 rings (SSSR count). The second kappa shape index (κ2) is 6.27. The van der Waals surface area contributed by atoms with Crippen molar-refractivity contribution in [1.29, 1.82) is 0 Å². The van der Waals surface area contributed by atoms with E-state index >= 15 is 0 Å². The zero-order valence-corrected chi connectivity index (χ0v) is 13.4. The third kappa shape index (κ3) is 3.05. The number of carboxylic acid groups (broad SMARTS) is 1. The molecule has 1 aliphatic rings. The number of hydrogen-bond acceptors (Lipinski definition) is 5. The van der Waals surface area contributed by atoms with Gasteiger partial charge in [0.05, 0.1) is 17.9 Å². The summed E-state index contributed by atoms with van der Waals surface area (Å²) in [6.07, 6.45) is 2.14. The first-order chi connectivity index (χ1) is 11.5. The van der Waals surface area contributed by atoms with Gasteiger partial charge >= 0.3 is 5.97 Å². The highest BCUT2D eigenvalue weighted by Crippen LogP contribution is 2.28. The van der Waals surface area contributed by atoms with Crippen LogP contribution in [0.2, 0.25) is 0 Å². The summed E-state index contributed by atoms with van der Waals surface area (Å²) in [7, 11) is 0. The molecule has 0 spiro atoms. The number of amides is 1. The number of aliphatic carboxylic acids is 1. The third-order valence-electron chi connectivity index (χ3n) is 3.91. The fourth-order valence-electron chi connectivity index (χ4n) is 2.69. The first-order valence-electron chi connectivity index (χ1n) is 7.55. The van der Waals surface area contributed by atoms with Crippen LogP contribution in [-0.4, -0.2) is 33.6 Å². The molecule has 1 aromatic heterocycles. The molecule has 7 heteroatoms. The predicted octanol–water partition coefficient (Wildman–Crippen LogP) is 1.58. The molecule has 1 aliphatic heterocycles. The lowest BCUT2D eigenvalue weighted by Crippen LogP contribution is -2.34. The molecule has 2 heterocycles. The van der Waals surface area contributed by atoms with Crippen molar-refractivity contribution >= 4 is 11.9 Å². The molecule has 1 atom stereocenters. The first kappa shape index (κ1) is 15.9. The van der Waals surface area contributed by atoms with Crippen molar-refractivity contribution in [2.45, 2.75) is 26.3 Å². The van der Waals surface area contributed by atoms with Crippen LogP contribution in [0.3, 0.4) is 0 Å². The number of aryl methyl sites for hydroxylation is 2. The second-order valence-electron chi connectivity index (χ2n) is 5.63. The van der Waals surface area contributed by atoms with Crippen molar-refractivity contribution in [2.24, 2.45) is 0 Å². The van der Waals surface area contributed by atoms with Crippen LogP contribution in [0.15, 0.2) is 24.4 Å². The molecule has 0 unspecified atom stereocenters. The van der Waals surface area contributed by atoms with Gasteiger partial charge in [-0.05, 0) is 37.1 Å². The number of nitrogens with one attached hydrogen (secondary N) is 1. The van der Waals surface area contributed by atoms with Gasteiger partial charge in [0.15, 0.2) is 6.04 Å². The average Bonchev–Trinajstić information content (AvgIpc) is 2.99. The van der Waals surface area contributed by atoms with E-state index in [-0.39, 0.29) is 5.56 Å². The van der Waals surface area contributed by atoms with Crippen LogP contribution in [0.5, 0.6) is 5.75 Å². The Balaban J connectivity index is 1.86. The molecule has 0 saturated heterocycles. The quantitative estimate of drug-likeness (QED) is 0.884. The zero-order valence-electron chi connectivity index (χ0n) is 13.4. The van der Waals surface area contributed by atoms with E-state index in [1.54, 1.807) is 32.0 Å². The summed E-state index contributed by atoms with van der Waals surface area (Å²) < 4.78 is 5.42. The zero-order chi connectivity index (χ0) is 17.3. The van der Waals surface area contributed by atoms with Crippen molar-refractivity contribution in [3.8, 4) is 5.75 Å². The van der Waals surface area contributed by atoms with Gasteiger partial charge in [-0.1, -0.05) is 6.07 Å². The van der Waals surface area contributed by atoms with Crippen LogP contribution in [0.25, 0.3) is 0 Å². The summed E-state index contributed by atoms with van der Waals surface area (Å²) in [4.78, 5) is 32.2. The van der Waals surface area contributed by atoms with E-state index in [4.69, 9.17) is 4.74 Å². The van der Waals surface area contributed by atoms with Gasteiger partial charge in [0.2, 0.25) is 0 Å². The molecule has 0 radical (unpaired) electrons. The van der Waals surface area contributed by atoms with E-state index in [1.807, 2.05) is 0 Å². The highest BCUT2D eigenvalue weighted by molar-refractivity contribution is 5.97. The molecule has 0 bridgehead atoms. The monoisotopic (exact) mass is 327 g/mol. The van der Waals surface area contributed by atoms with Gasteiger partial charge in [-0.15, -0.1) is 0 Å². The van der Waals surface area contributed by atoms with Gasteiger partial charge in [0.1, 0.15) is 11.6 Å². The maximum Gasteiger partial charge on any atom is 0.330 e. The summed E-state index contributed by atoms with van der Waals surface area (Å²) >= 11 is 0. The molecular weight excluding hydrogens is 310 g/mol. The lowest BCUT2D eigenvalue weighted by Gasteiger charge is -2.16. The number of fused-ring (bicyclic) bond motifs is 1. The molecule has 1 aromatic carbocycles. The molecule has 7 nitrogen and oxygen atoms in total. The Kier molecular flexibility index (Phi) is 4.16. The number of carbonyl (C=O) groups excluding carboxylic acids is 1. The average molecular weight is 327 g/mol. The standard InChI is InChI=1S/C17H17N3O4/c1-9-13(8-18-10(2)19-9)16(21)20-15(17(22)23)12-3-4-14-11(7-12)5-6-24-14/h3-4,7-8,15H,5-6H2,1-2H3,(H,20,21)(H,22,23)/t15-/m1/s1. The number of rotatable bonds is 4. The molecular formula is C17H17N3O4. The second-order valence-corrected chi connectivity index (χ2v) is 5.63. The number of carbonyl (C=O) groups is 2. The summed E-state index contributed by atoms with van der Waals surface area (Å²) in [6, 6.07) is 4.01. The van der Waals surface area contributed by atoms with Gasteiger partial charge in [-0.25, -0.2) is 14.8 Å². The van der Waals surface area contributed by atoms with Crippen molar-refractivity contribution in [2.75, 3.05) is 6.61 Å². The van der Waals surface area contributed by atoms with Crippen LogP contribution in [0.1, 0.15) is 39.0 Å². The molecule has 1 amide bonds. The molecule has 0 fully saturated rings. The fraction of sp³-hybridized carbons (Fsp3) is 0.294. The van der Waals surface area contributed by atoms with Crippen LogP contribution >= 0.6 is 0 Å². The third-order valence-corrected chi connectivity index (χ3v) is 3.91. The SMILES string of the molecule is Cc1ncc(C(=O)N[C@@H](C(=O)O)c2ccc3c(c2)CCO3)c(C)n1. The molecule has 124 valence electrons. The maximum atomic E-state index is 12.4. The Labute approximate surface area is 138 Å². The maximum absolute atomic E-state index is 12.4. The molecule has 0 saturated carbocycles. The fourth-order valence-corrected chi connectivity index (χ4v) is 2.69. The van der Waals surface area contributed by atoms with E-state index in [0.29, 0.717) is 23.7 Å². The van der Waals surface area contributed by atoms with Crippen LogP contribution in [0.4, 0.5) is 0 Å². The largest absolute Gasteiger partial charge is 0.493 e. The minimum atomic E-state index is -1.15. The topological polar surface area (TPSA) is 101 Å². The van der Waals surface area contributed by atoms with Gasteiger partial charge in [-0.3, -0.25) is 4.79 Å². The lowest BCUT2D eigenvalue weighted by molar-refractivity contribution is -0.139. The summed E-state index contributed by atoms with van der Waals surface area (Å²) in [5, 5.41) is 12.0. The highest BCUT2D eigenvalue weighted by atomic mass is 16.5. The summed E-state index contributed by atoms with van der Waals surface area (Å²) in [5.74, 6) is -0.334. The first-order valence-corrected chi connectivity index (χ1v) is 7.55. The Morgan fingerprint density at radius 2 is 2.12 bits per heavy atom. The summed E-state index contributed by atoms with van der Waals surface area (Å²) in [6.45, 7) is 4.00. The number of hydrogen-bond donors (Lipinski definition) is 2. The number of aromatic nitrogens is 2. The smallest absolute Gasteiger partial charge is 0.330 e. The van der Waals surface area contributed by atoms with E-state index in [2.05, 4.69) is 15.3 Å². The number of ether oxygens (including phenoxy) is 1. The van der Waals surface area contributed by atoms with Gasteiger partial charge in [0.25, 0.3) is 5.91 Å². The Morgan fingerprint density at radius 1 is 1.33 bits per heavy atom. The van der Waals surface area contributed by atoms with E-state index < -0.39 is 17.9 Å². The lowest BCUT2D eigenvalue weighted by atomic mass is 10.0. The van der Waals surface area contributed by atoms with Crippen LogP contribution in [-0.2, 0) is 11.2 Å². The van der Waals surface area contributed by atoms with Crippen LogP contribution in [0, 0.1) is 13.8 Å². The predicted molar refractivity (Wildman–Crippen MR) is 85.0 cm³/mol. The van der Waals surface area contributed by atoms with Crippen molar-refractivity contribution < 1.29 is 19.4 Å². The van der Waals surface area contributed by atoms with Gasteiger partial charge in [0, 0.05) is 12.6 Å². The van der Waals surface area contributed by atoms with Crippen molar-refractivity contribution in [3.63, 3.8) is 0 Å². The van der Waals surface area contributed by atoms with Crippen molar-refractivity contribution in [1.82, 2.24) is 15.3 Å². The minimum absolute atomic E-state index is 0.261. The highest BCUT2D eigenvalue weighted by Gasteiger charge is 2.25. The van der Waals surface area contributed by atoms with Crippen LogP contribution < -0.4 is 10.1 Å². The minimum Gasteiger partial charge on any atom is -0.493 e. The van der Waals surface area contributed by atoms with Gasteiger partial charge in [-0.2, -0.15) is 0 Å². The van der Waals surface area contributed by atoms with E-state index in [0.717, 1.165) is 17.7 Å². The van der Waals surface area contributed by atoms with Gasteiger partial charge < -0.3 is 15.2 Å². The Bertz CT molecular complexity index is 819.